The number of nitrogen functional groups attached to an aromatic ring is 1. The van der Waals surface area contributed by atoms with Gasteiger partial charge in [-0.05, 0) is 24.3 Å². The van der Waals surface area contributed by atoms with E-state index in [0.29, 0.717) is 22.3 Å². The van der Waals surface area contributed by atoms with Crippen molar-refractivity contribution in [3.63, 3.8) is 0 Å². The van der Waals surface area contributed by atoms with Crippen LogP contribution in [0.15, 0.2) is 42.6 Å². The summed E-state index contributed by atoms with van der Waals surface area (Å²) in [6.07, 6.45) is 1.72. The first-order chi connectivity index (χ1) is 9.65. The fourth-order valence-corrected chi connectivity index (χ4v) is 1.70. The van der Waals surface area contributed by atoms with Crippen molar-refractivity contribution in [1.29, 1.82) is 0 Å². The Morgan fingerprint density at radius 1 is 1.35 bits per heavy atom. The summed E-state index contributed by atoms with van der Waals surface area (Å²) in [7, 11) is 0. The van der Waals surface area contributed by atoms with Gasteiger partial charge in [0.2, 0.25) is 5.91 Å². The molecule has 2 rings (SSSR count). The summed E-state index contributed by atoms with van der Waals surface area (Å²) >= 11 is 5.80. The van der Waals surface area contributed by atoms with Gasteiger partial charge < -0.3 is 15.8 Å². The molecule has 0 spiro atoms. The molecule has 0 aliphatic rings. The smallest absolute Gasteiger partial charge is 0.228 e. The quantitative estimate of drug-likeness (QED) is 0.830. The zero-order valence-corrected chi connectivity index (χ0v) is 11.4. The molecule has 1 heterocycles. The number of benzene rings is 1. The number of rotatable bonds is 5. The Morgan fingerprint density at radius 2 is 2.15 bits per heavy atom. The number of nitrogens with zero attached hydrogens (tertiary/aromatic N) is 1. The topological polar surface area (TPSA) is 77.2 Å². The number of amides is 1. The van der Waals surface area contributed by atoms with E-state index in [-0.39, 0.29) is 18.9 Å². The zero-order valence-electron chi connectivity index (χ0n) is 10.7. The molecule has 6 heteroatoms. The van der Waals surface area contributed by atoms with Crippen molar-refractivity contribution >= 4 is 29.0 Å². The third-order valence-electron chi connectivity index (χ3n) is 2.50. The molecule has 5 nitrogen and oxygen atoms in total. The minimum atomic E-state index is -0.200. The van der Waals surface area contributed by atoms with Gasteiger partial charge >= 0.3 is 0 Å². The van der Waals surface area contributed by atoms with Crippen LogP contribution in [0.2, 0.25) is 5.02 Å². The van der Waals surface area contributed by atoms with Crippen LogP contribution < -0.4 is 15.8 Å². The lowest BCUT2D eigenvalue weighted by atomic mass is 10.3. The predicted octanol–water partition coefficient (Wildman–Crippen LogP) is 2.72. The van der Waals surface area contributed by atoms with Crippen LogP contribution in [0.3, 0.4) is 0 Å². The molecule has 1 aromatic carbocycles. The summed E-state index contributed by atoms with van der Waals surface area (Å²) < 4.78 is 5.44. The van der Waals surface area contributed by atoms with Gasteiger partial charge in [-0.25, -0.2) is 4.98 Å². The molecule has 0 saturated carbocycles. The second-order valence-corrected chi connectivity index (χ2v) is 4.48. The van der Waals surface area contributed by atoms with E-state index >= 15 is 0 Å². The number of nitrogens with one attached hydrogen (secondary N) is 1. The normalized spacial score (nSPS) is 10.1. The Labute approximate surface area is 121 Å². The second kappa shape index (κ2) is 6.77. The molecular formula is C14H14ClN3O2. The van der Waals surface area contributed by atoms with Crippen LogP contribution in [-0.4, -0.2) is 17.5 Å². The monoisotopic (exact) mass is 291 g/mol. The number of anilines is 2. The van der Waals surface area contributed by atoms with E-state index in [1.54, 1.807) is 24.3 Å². The Hall–Kier alpha value is -2.27. The predicted molar refractivity (Wildman–Crippen MR) is 78.8 cm³/mol. The molecule has 20 heavy (non-hydrogen) atoms. The molecule has 0 aliphatic carbocycles. The maximum atomic E-state index is 11.7. The number of hydrogen-bond acceptors (Lipinski definition) is 4. The van der Waals surface area contributed by atoms with Crippen LogP contribution in [0.25, 0.3) is 0 Å². The Kier molecular flexibility index (Phi) is 4.79. The van der Waals surface area contributed by atoms with Gasteiger partial charge in [-0.1, -0.05) is 23.7 Å². The van der Waals surface area contributed by atoms with Crippen molar-refractivity contribution in [3.05, 3.63) is 47.6 Å². The highest BCUT2D eigenvalue weighted by atomic mass is 35.5. The van der Waals surface area contributed by atoms with E-state index in [1.165, 1.54) is 6.20 Å². The molecule has 104 valence electrons. The number of halogens is 1. The van der Waals surface area contributed by atoms with Gasteiger partial charge in [-0.15, -0.1) is 0 Å². The van der Waals surface area contributed by atoms with Crippen molar-refractivity contribution in [3.8, 4) is 5.75 Å². The molecule has 0 aliphatic heterocycles. The van der Waals surface area contributed by atoms with E-state index < -0.39 is 0 Å². The summed E-state index contributed by atoms with van der Waals surface area (Å²) in [6, 6.07) is 10.4. The zero-order chi connectivity index (χ0) is 14.4. The number of carbonyl (C=O) groups excluding carboxylic acids is 1. The molecule has 3 N–H and O–H groups in total. The maximum absolute atomic E-state index is 11.7. The summed E-state index contributed by atoms with van der Waals surface area (Å²) in [6.45, 7) is 0.237. The summed E-state index contributed by atoms with van der Waals surface area (Å²) in [5.74, 6) is 0.789. The molecule has 1 amide bonds. The molecule has 0 atom stereocenters. The van der Waals surface area contributed by atoms with Gasteiger partial charge in [0, 0.05) is 11.2 Å². The number of hydrogen-bond donors (Lipinski definition) is 2. The van der Waals surface area contributed by atoms with Crippen LogP contribution in [0, 0.1) is 0 Å². The summed E-state index contributed by atoms with van der Waals surface area (Å²) in [5, 5.41) is 3.16. The fraction of sp³-hybridized carbons (Fsp3) is 0.143. The number of aromatic nitrogens is 1. The number of para-hydroxylation sites is 2. The van der Waals surface area contributed by atoms with Gasteiger partial charge in [0.15, 0.2) is 0 Å². The van der Waals surface area contributed by atoms with Crippen molar-refractivity contribution in [2.45, 2.75) is 6.42 Å². The van der Waals surface area contributed by atoms with Crippen molar-refractivity contribution in [1.82, 2.24) is 4.98 Å². The minimum absolute atomic E-state index is 0.197. The van der Waals surface area contributed by atoms with Crippen molar-refractivity contribution < 1.29 is 9.53 Å². The number of ether oxygens (including phenoxy) is 1. The first-order valence-electron chi connectivity index (χ1n) is 6.04. The number of nitrogens with two attached hydrogens (primary N) is 1. The van der Waals surface area contributed by atoms with E-state index in [1.807, 2.05) is 12.1 Å². The van der Waals surface area contributed by atoms with Gasteiger partial charge in [0.05, 0.1) is 18.7 Å². The van der Waals surface area contributed by atoms with Gasteiger partial charge in [0.25, 0.3) is 0 Å². The van der Waals surface area contributed by atoms with Crippen LogP contribution in [-0.2, 0) is 4.79 Å². The average Bonchev–Trinajstić information content (AvgIpc) is 2.41. The van der Waals surface area contributed by atoms with Gasteiger partial charge in [-0.2, -0.15) is 0 Å². The van der Waals surface area contributed by atoms with Crippen LogP contribution in [0.5, 0.6) is 5.75 Å². The van der Waals surface area contributed by atoms with E-state index in [0.717, 1.165) is 0 Å². The molecule has 0 unspecified atom stereocenters. The fourth-order valence-electron chi connectivity index (χ4n) is 1.54. The lowest BCUT2D eigenvalue weighted by molar-refractivity contribution is -0.116. The van der Waals surface area contributed by atoms with Crippen molar-refractivity contribution in [2.24, 2.45) is 0 Å². The Balaban J connectivity index is 1.80. The number of carbonyl (C=O) groups is 1. The molecular weight excluding hydrogens is 278 g/mol. The molecule has 0 radical (unpaired) electrons. The van der Waals surface area contributed by atoms with E-state index in [2.05, 4.69) is 10.3 Å². The summed E-state index contributed by atoms with van der Waals surface area (Å²) in [4.78, 5) is 15.7. The van der Waals surface area contributed by atoms with Crippen LogP contribution in [0.1, 0.15) is 6.42 Å². The SMILES string of the molecule is Nc1ccccc1OCCC(=O)Nc1cc(Cl)ccn1. The molecule has 0 fully saturated rings. The average molecular weight is 292 g/mol. The summed E-state index contributed by atoms with van der Waals surface area (Å²) in [5.41, 5.74) is 6.27. The Bertz CT molecular complexity index is 604. The van der Waals surface area contributed by atoms with E-state index in [4.69, 9.17) is 22.1 Å². The third-order valence-corrected chi connectivity index (χ3v) is 2.73. The highest BCUT2D eigenvalue weighted by molar-refractivity contribution is 6.30. The largest absolute Gasteiger partial charge is 0.491 e. The first-order valence-corrected chi connectivity index (χ1v) is 6.41. The molecule has 0 bridgehead atoms. The lowest BCUT2D eigenvalue weighted by Crippen LogP contribution is -2.16. The van der Waals surface area contributed by atoms with Gasteiger partial charge in [-0.3, -0.25) is 4.79 Å². The van der Waals surface area contributed by atoms with Crippen LogP contribution >= 0.6 is 11.6 Å². The Morgan fingerprint density at radius 3 is 2.90 bits per heavy atom. The highest BCUT2D eigenvalue weighted by Crippen LogP contribution is 2.19. The third kappa shape index (κ3) is 4.13. The lowest BCUT2D eigenvalue weighted by Gasteiger charge is -2.08. The maximum Gasteiger partial charge on any atom is 0.228 e. The van der Waals surface area contributed by atoms with Crippen molar-refractivity contribution in [2.75, 3.05) is 17.7 Å². The second-order valence-electron chi connectivity index (χ2n) is 4.04. The highest BCUT2D eigenvalue weighted by Gasteiger charge is 2.05. The number of pyridine rings is 1. The standard InChI is InChI=1S/C14H14ClN3O2/c15-10-5-7-17-13(9-10)18-14(19)6-8-20-12-4-2-1-3-11(12)16/h1-5,7,9H,6,8,16H2,(H,17,18,19). The molecule has 0 saturated heterocycles. The van der Waals surface area contributed by atoms with Gasteiger partial charge in [0.1, 0.15) is 11.6 Å². The molecule has 1 aromatic heterocycles. The molecule has 2 aromatic rings. The van der Waals surface area contributed by atoms with Crippen LogP contribution in [0.4, 0.5) is 11.5 Å². The first kappa shape index (κ1) is 14.1. The minimum Gasteiger partial charge on any atom is -0.491 e. The van der Waals surface area contributed by atoms with E-state index in [9.17, 15) is 4.79 Å².